The third-order valence-electron chi connectivity index (χ3n) is 3.57. The van der Waals surface area contributed by atoms with Crippen LogP contribution in [-0.2, 0) is 9.53 Å². The minimum absolute atomic E-state index is 0.0533. The molecule has 0 saturated heterocycles. The minimum atomic E-state index is -1.07. The lowest BCUT2D eigenvalue weighted by molar-refractivity contribution is -0.151. The van der Waals surface area contributed by atoms with Gasteiger partial charge >= 0.3 is 0 Å². The molecule has 0 aromatic heterocycles. The number of unbranched alkanes of at least 4 members (excludes halogenated alkanes) is 1. The molecule has 21 heavy (non-hydrogen) atoms. The standard InChI is InChI=1S/C17H22O4/c1-5-6-10-20-17(3)14(12(2)18)11-13-8-7-9-15(19-4)16(13)21-17/h7-9,11H,5-6,10H2,1-4H3. The van der Waals surface area contributed by atoms with E-state index in [-0.39, 0.29) is 5.78 Å². The lowest BCUT2D eigenvalue weighted by Crippen LogP contribution is -2.42. The second kappa shape index (κ2) is 6.31. The van der Waals surface area contributed by atoms with Crippen LogP contribution in [0, 0.1) is 0 Å². The zero-order valence-electron chi connectivity index (χ0n) is 13.1. The van der Waals surface area contributed by atoms with Crippen molar-refractivity contribution in [2.45, 2.75) is 39.4 Å². The second-order valence-electron chi connectivity index (χ2n) is 5.24. The van der Waals surface area contributed by atoms with Gasteiger partial charge in [0.2, 0.25) is 5.79 Å². The van der Waals surface area contributed by atoms with Crippen LogP contribution in [0.25, 0.3) is 6.08 Å². The molecule has 1 unspecified atom stereocenters. The van der Waals surface area contributed by atoms with Crippen molar-refractivity contribution >= 4 is 11.9 Å². The molecule has 1 aliphatic rings. The number of Topliss-reactive ketones (excluding diaryl/α,β-unsaturated/α-hetero) is 1. The lowest BCUT2D eigenvalue weighted by atomic mass is 9.96. The van der Waals surface area contributed by atoms with E-state index >= 15 is 0 Å². The van der Waals surface area contributed by atoms with E-state index in [4.69, 9.17) is 14.2 Å². The highest BCUT2D eigenvalue weighted by atomic mass is 16.7. The van der Waals surface area contributed by atoms with Crippen LogP contribution < -0.4 is 9.47 Å². The minimum Gasteiger partial charge on any atom is -0.493 e. The molecule has 1 heterocycles. The van der Waals surface area contributed by atoms with E-state index in [1.165, 1.54) is 6.92 Å². The molecule has 2 rings (SSSR count). The molecular weight excluding hydrogens is 268 g/mol. The highest BCUT2D eigenvalue weighted by molar-refractivity contribution is 6.00. The fourth-order valence-corrected chi connectivity index (χ4v) is 2.39. The molecule has 0 radical (unpaired) electrons. The van der Waals surface area contributed by atoms with Crippen LogP contribution in [0.15, 0.2) is 23.8 Å². The van der Waals surface area contributed by atoms with Crippen molar-refractivity contribution in [3.63, 3.8) is 0 Å². The Bertz CT molecular complexity index is 562. The monoisotopic (exact) mass is 290 g/mol. The van der Waals surface area contributed by atoms with Crippen LogP contribution in [0.1, 0.15) is 39.2 Å². The van der Waals surface area contributed by atoms with E-state index < -0.39 is 5.79 Å². The number of rotatable bonds is 6. The molecular formula is C17H22O4. The maximum Gasteiger partial charge on any atom is 0.238 e. The summed E-state index contributed by atoms with van der Waals surface area (Å²) in [4.78, 5) is 12.0. The summed E-state index contributed by atoms with van der Waals surface area (Å²) >= 11 is 0. The average Bonchev–Trinajstić information content (AvgIpc) is 2.46. The maximum atomic E-state index is 12.0. The van der Waals surface area contributed by atoms with Crippen molar-refractivity contribution in [3.05, 3.63) is 29.3 Å². The number of methoxy groups -OCH3 is 1. The summed E-state index contributed by atoms with van der Waals surface area (Å²) in [7, 11) is 1.60. The van der Waals surface area contributed by atoms with Crippen molar-refractivity contribution in [2.75, 3.05) is 13.7 Å². The van der Waals surface area contributed by atoms with Gasteiger partial charge in [-0.3, -0.25) is 4.79 Å². The molecule has 4 heteroatoms. The van der Waals surface area contributed by atoms with Crippen molar-refractivity contribution in [1.82, 2.24) is 0 Å². The molecule has 4 nitrogen and oxygen atoms in total. The second-order valence-corrected chi connectivity index (χ2v) is 5.24. The zero-order chi connectivity index (χ0) is 15.5. The van der Waals surface area contributed by atoms with Crippen LogP contribution in [0.3, 0.4) is 0 Å². The molecule has 0 fully saturated rings. The summed E-state index contributed by atoms with van der Waals surface area (Å²) in [5, 5.41) is 0. The van der Waals surface area contributed by atoms with E-state index in [9.17, 15) is 4.79 Å². The molecule has 0 N–H and O–H groups in total. The molecule has 1 atom stereocenters. The third-order valence-corrected chi connectivity index (χ3v) is 3.57. The lowest BCUT2D eigenvalue weighted by Gasteiger charge is -2.36. The quantitative estimate of drug-likeness (QED) is 0.751. The van der Waals surface area contributed by atoms with Crippen molar-refractivity contribution in [2.24, 2.45) is 0 Å². The summed E-state index contributed by atoms with van der Waals surface area (Å²) in [5.41, 5.74) is 1.36. The average molecular weight is 290 g/mol. The Morgan fingerprint density at radius 3 is 2.76 bits per heavy atom. The Labute approximate surface area is 125 Å². The molecule has 1 aliphatic heterocycles. The van der Waals surface area contributed by atoms with E-state index in [1.807, 2.05) is 24.3 Å². The predicted octanol–water partition coefficient (Wildman–Crippen LogP) is 3.59. The number of para-hydroxylation sites is 1. The fourth-order valence-electron chi connectivity index (χ4n) is 2.39. The van der Waals surface area contributed by atoms with Crippen molar-refractivity contribution < 1.29 is 19.0 Å². The van der Waals surface area contributed by atoms with E-state index in [2.05, 4.69) is 6.92 Å². The Kier molecular flexibility index (Phi) is 4.68. The summed E-state index contributed by atoms with van der Waals surface area (Å²) in [6.45, 7) is 5.95. The van der Waals surface area contributed by atoms with Gasteiger partial charge in [0.05, 0.1) is 19.3 Å². The number of benzene rings is 1. The smallest absolute Gasteiger partial charge is 0.238 e. The van der Waals surface area contributed by atoms with Crippen LogP contribution in [0.2, 0.25) is 0 Å². The maximum absolute atomic E-state index is 12.0. The van der Waals surface area contributed by atoms with Gasteiger partial charge in [0.25, 0.3) is 0 Å². The van der Waals surface area contributed by atoms with E-state index in [1.54, 1.807) is 14.0 Å². The summed E-state index contributed by atoms with van der Waals surface area (Å²) in [6.07, 6.45) is 3.77. The highest BCUT2D eigenvalue weighted by Crippen LogP contribution is 2.42. The zero-order valence-corrected chi connectivity index (χ0v) is 13.1. The van der Waals surface area contributed by atoms with Gasteiger partial charge in [-0.15, -0.1) is 0 Å². The van der Waals surface area contributed by atoms with Gasteiger partial charge in [-0.25, -0.2) is 0 Å². The topological polar surface area (TPSA) is 44.8 Å². The Balaban J connectivity index is 2.41. The molecule has 0 aliphatic carbocycles. The van der Waals surface area contributed by atoms with Crippen molar-refractivity contribution in [1.29, 1.82) is 0 Å². The van der Waals surface area contributed by atoms with Crippen LogP contribution in [0.4, 0.5) is 0 Å². The van der Waals surface area contributed by atoms with Gasteiger partial charge in [0.1, 0.15) is 0 Å². The number of hydrogen-bond donors (Lipinski definition) is 0. The molecule has 0 spiro atoms. The summed E-state index contributed by atoms with van der Waals surface area (Å²) < 4.78 is 17.2. The molecule has 0 bridgehead atoms. The summed E-state index contributed by atoms with van der Waals surface area (Å²) in [5.74, 6) is 0.131. The first-order valence-electron chi connectivity index (χ1n) is 7.25. The SMILES string of the molecule is CCCCOC1(C)Oc2c(cccc2OC)C=C1C(C)=O. The fraction of sp³-hybridized carbons (Fsp3) is 0.471. The van der Waals surface area contributed by atoms with Gasteiger partial charge in [-0.05, 0) is 25.5 Å². The van der Waals surface area contributed by atoms with E-state index in [0.29, 0.717) is 23.7 Å². The van der Waals surface area contributed by atoms with Crippen LogP contribution in [0.5, 0.6) is 11.5 Å². The Morgan fingerprint density at radius 2 is 2.14 bits per heavy atom. The summed E-state index contributed by atoms with van der Waals surface area (Å²) in [6, 6.07) is 5.60. The molecule has 1 aromatic rings. The number of hydrogen-bond acceptors (Lipinski definition) is 4. The normalized spacial score (nSPS) is 20.3. The predicted molar refractivity (Wildman–Crippen MR) is 81.5 cm³/mol. The Hall–Kier alpha value is -1.81. The molecule has 0 saturated carbocycles. The van der Waals surface area contributed by atoms with Gasteiger partial charge in [0, 0.05) is 12.5 Å². The van der Waals surface area contributed by atoms with Crippen LogP contribution >= 0.6 is 0 Å². The molecule has 0 amide bonds. The van der Waals surface area contributed by atoms with Gasteiger partial charge in [-0.2, -0.15) is 0 Å². The third kappa shape index (κ3) is 3.10. The first kappa shape index (κ1) is 15.6. The number of ether oxygens (including phenoxy) is 3. The molecule has 1 aromatic carbocycles. The number of ketones is 1. The highest BCUT2D eigenvalue weighted by Gasteiger charge is 2.39. The number of fused-ring (bicyclic) bond motifs is 1. The Morgan fingerprint density at radius 1 is 1.38 bits per heavy atom. The first-order valence-corrected chi connectivity index (χ1v) is 7.25. The van der Waals surface area contributed by atoms with Gasteiger partial charge < -0.3 is 14.2 Å². The van der Waals surface area contributed by atoms with Gasteiger partial charge in [-0.1, -0.05) is 25.5 Å². The van der Waals surface area contributed by atoms with E-state index in [0.717, 1.165) is 18.4 Å². The van der Waals surface area contributed by atoms with Crippen molar-refractivity contribution in [3.8, 4) is 11.5 Å². The number of carbonyl (C=O) groups excluding carboxylic acids is 1. The molecule has 114 valence electrons. The largest absolute Gasteiger partial charge is 0.493 e. The van der Waals surface area contributed by atoms with Crippen LogP contribution in [-0.4, -0.2) is 25.3 Å². The van der Waals surface area contributed by atoms with Gasteiger partial charge in [0.15, 0.2) is 17.3 Å². The number of carbonyl (C=O) groups is 1. The first-order chi connectivity index (χ1) is 10.0.